The first-order valence-electron chi connectivity index (χ1n) is 7.56. The minimum Gasteiger partial charge on any atom is -0.299 e. The third kappa shape index (κ3) is 2.02. The van der Waals surface area contributed by atoms with E-state index >= 15 is 0 Å². The average molecular weight is 346 g/mol. The Kier molecular flexibility index (Phi) is 3.16. The molecule has 2 amide bonds. The molecule has 8 heteroatoms. The van der Waals surface area contributed by atoms with Crippen molar-refractivity contribution in [2.45, 2.75) is 0 Å². The van der Waals surface area contributed by atoms with Crippen LogP contribution >= 0.6 is 0 Å². The predicted molar refractivity (Wildman–Crippen MR) is 93.8 cm³/mol. The number of benzene rings is 2. The van der Waals surface area contributed by atoms with Crippen molar-refractivity contribution < 1.29 is 14.5 Å². The van der Waals surface area contributed by atoms with Crippen LogP contribution in [0.2, 0.25) is 0 Å². The van der Waals surface area contributed by atoms with Crippen LogP contribution in [0.3, 0.4) is 0 Å². The number of hydrogen-bond acceptors (Lipinski definition) is 6. The van der Waals surface area contributed by atoms with E-state index in [0.717, 1.165) is 4.90 Å². The van der Waals surface area contributed by atoms with Crippen molar-refractivity contribution in [3.63, 3.8) is 0 Å². The summed E-state index contributed by atoms with van der Waals surface area (Å²) in [5.41, 5.74) is 0.234. The standard InChI is InChI=1S/C18H10N4O4/c19-13-6-4-9(8-14(13)20)21-17(23)11-3-1-2-10-15(22(25)26)7-5-12(16(10)11)18(21)24/h1-8,19-20H. The van der Waals surface area contributed by atoms with E-state index in [0.29, 0.717) is 0 Å². The number of amides is 2. The van der Waals surface area contributed by atoms with Crippen LogP contribution in [0.5, 0.6) is 0 Å². The molecule has 0 fully saturated rings. The van der Waals surface area contributed by atoms with E-state index in [4.69, 9.17) is 10.8 Å². The molecule has 1 heterocycles. The Balaban J connectivity index is 1.96. The number of rotatable bonds is 2. The fourth-order valence-electron chi connectivity index (χ4n) is 3.15. The third-order valence-corrected chi connectivity index (χ3v) is 4.34. The maximum absolute atomic E-state index is 12.9. The van der Waals surface area contributed by atoms with Gasteiger partial charge in [0.15, 0.2) is 0 Å². The van der Waals surface area contributed by atoms with Crippen LogP contribution in [0, 0.1) is 20.9 Å². The lowest BCUT2D eigenvalue weighted by atomic mass is 9.92. The number of hydrogen-bond donors (Lipinski definition) is 2. The molecule has 0 aromatic heterocycles. The molecule has 126 valence electrons. The zero-order valence-electron chi connectivity index (χ0n) is 13.1. The second-order valence-corrected chi connectivity index (χ2v) is 5.79. The quantitative estimate of drug-likeness (QED) is 0.375. The molecular formula is C18H10N4O4. The topological polar surface area (TPSA) is 128 Å². The fourth-order valence-corrected chi connectivity index (χ4v) is 3.15. The number of carbonyl (C=O) groups is 2. The Morgan fingerprint density at radius 2 is 1.62 bits per heavy atom. The van der Waals surface area contributed by atoms with Gasteiger partial charge in [-0.1, -0.05) is 6.07 Å². The second kappa shape index (κ2) is 5.28. The van der Waals surface area contributed by atoms with Crippen molar-refractivity contribution >= 4 is 39.7 Å². The molecule has 2 N–H and O–H groups in total. The van der Waals surface area contributed by atoms with E-state index in [1.165, 1.54) is 48.6 Å². The summed E-state index contributed by atoms with van der Waals surface area (Å²) in [7, 11) is 0. The number of non-ortho nitro benzene ring substituents is 1. The number of nitrogens with one attached hydrogen (secondary N) is 2. The first-order chi connectivity index (χ1) is 12.4. The van der Waals surface area contributed by atoms with Gasteiger partial charge >= 0.3 is 0 Å². The molecule has 0 saturated heterocycles. The largest absolute Gasteiger partial charge is 0.299 e. The lowest BCUT2D eigenvalue weighted by Crippen LogP contribution is -2.40. The number of nitro benzene ring substituents is 1. The van der Waals surface area contributed by atoms with Gasteiger partial charge in [-0.25, -0.2) is 4.90 Å². The summed E-state index contributed by atoms with van der Waals surface area (Å²) in [6.07, 6.45) is 4.03. The summed E-state index contributed by atoms with van der Waals surface area (Å²) < 4.78 is 0. The summed E-state index contributed by atoms with van der Waals surface area (Å²) in [6, 6.07) is 7.14. The summed E-state index contributed by atoms with van der Waals surface area (Å²) in [6.45, 7) is 0. The maximum atomic E-state index is 12.9. The van der Waals surface area contributed by atoms with Crippen LogP contribution in [0.15, 0.2) is 54.3 Å². The van der Waals surface area contributed by atoms with E-state index in [-0.39, 0.29) is 44.7 Å². The molecule has 0 saturated carbocycles. The smallest absolute Gasteiger partial charge is 0.277 e. The van der Waals surface area contributed by atoms with Crippen LogP contribution in [0.1, 0.15) is 20.7 Å². The monoisotopic (exact) mass is 346 g/mol. The van der Waals surface area contributed by atoms with Gasteiger partial charge in [0, 0.05) is 22.6 Å². The highest BCUT2D eigenvalue weighted by Crippen LogP contribution is 2.36. The van der Waals surface area contributed by atoms with Crippen molar-refractivity contribution in [2.75, 3.05) is 0 Å². The highest BCUT2D eigenvalue weighted by Gasteiger charge is 2.36. The van der Waals surface area contributed by atoms with Gasteiger partial charge in [0.1, 0.15) is 0 Å². The summed E-state index contributed by atoms with van der Waals surface area (Å²) >= 11 is 0. The van der Waals surface area contributed by atoms with E-state index in [9.17, 15) is 19.7 Å². The first-order valence-corrected chi connectivity index (χ1v) is 7.56. The molecule has 2 aromatic rings. The highest BCUT2D eigenvalue weighted by atomic mass is 16.6. The molecule has 0 atom stereocenters. The first kappa shape index (κ1) is 15.6. The van der Waals surface area contributed by atoms with E-state index in [1.54, 1.807) is 0 Å². The van der Waals surface area contributed by atoms with Crippen LogP contribution in [-0.2, 0) is 0 Å². The van der Waals surface area contributed by atoms with Crippen molar-refractivity contribution in [3.05, 3.63) is 75.5 Å². The summed E-state index contributed by atoms with van der Waals surface area (Å²) in [5.74, 6) is -1.24. The molecule has 4 rings (SSSR count). The zero-order chi connectivity index (χ0) is 18.6. The van der Waals surface area contributed by atoms with E-state index in [1.807, 2.05) is 0 Å². The summed E-state index contributed by atoms with van der Waals surface area (Å²) in [5, 5.41) is 27.0. The predicted octanol–water partition coefficient (Wildman–Crippen LogP) is 2.84. The third-order valence-electron chi connectivity index (χ3n) is 4.34. The molecule has 0 unspecified atom stereocenters. The molecule has 26 heavy (non-hydrogen) atoms. The van der Waals surface area contributed by atoms with Gasteiger partial charge in [0.05, 0.1) is 27.4 Å². The maximum Gasteiger partial charge on any atom is 0.277 e. The minimum absolute atomic E-state index is 0.0243. The van der Waals surface area contributed by atoms with Gasteiger partial charge in [0.25, 0.3) is 17.5 Å². The SMILES string of the molecule is N=C1C=CC(N2C(=O)c3cccc4c([N+](=O)[O-])ccc(c34)C2=O)=CC1=N. The number of nitrogens with zero attached hydrogens (tertiary/aromatic N) is 2. The van der Waals surface area contributed by atoms with Crippen molar-refractivity contribution in [1.29, 1.82) is 10.8 Å². The number of allylic oxidation sites excluding steroid dienone is 3. The Morgan fingerprint density at radius 3 is 2.27 bits per heavy atom. The number of imide groups is 1. The van der Waals surface area contributed by atoms with E-state index in [2.05, 4.69) is 0 Å². The minimum atomic E-state index is -0.620. The Hall–Kier alpha value is -3.94. The Labute approximate surface area is 146 Å². The summed E-state index contributed by atoms with van der Waals surface area (Å²) in [4.78, 5) is 37.5. The van der Waals surface area contributed by atoms with Crippen LogP contribution in [0.25, 0.3) is 10.8 Å². The van der Waals surface area contributed by atoms with Crippen LogP contribution in [0.4, 0.5) is 5.69 Å². The van der Waals surface area contributed by atoms with Gasteiger partial charge < -0.3 is 0 Å². The van der Waals surface area contributed by atoms with Crippen molar-refractivity contribution in [1.82, 2.24) is 4.90 Å². The highest BCUT2D eigenvalue weighted by molar-refractivity contribution is 6.49. The molecule has 1 aliphatic carbocycles. The molecule has 0 spiro atoms. The lowest BCUT2D eigenvalue weighted by molar-refractivity contribution is -0.383. The molecule has 1 aliphatic heterocycles. The second-order valence-electron chi connectivity index (χ2n) is 5.79. The molecule has 0 bridgehead atoms. The average Bonchev–Trinajstić information content (AvgIpc) is 2.62. The molecule has 0 radical (unpaired) electrons. The lowest BCUT2D eigenvalue weighted by Gasteiger charge is -2.28. The molecule has 8 nitrogen and oxygen atoms in total. The molecule has 2 aromatic carbocycles. The van der Waals surface area contributed by atoms with Gasteiger partial charge in [-0.3, -0.25) is 30.5 Å². The molecule has 2 aliphatic rings. The van der Waals surface area contributed by atoms with Crippen LogP contribution in [-0.4, -0.2) is 33.1 Å². The van der Waals surface area contributed by atoms with E-state index < -0.39 is 16.7 Å². The Bertz CT molecular complexity index is 1120. The van der Waals surface area contributed by atoms with Crippen molar-refractivity contribution in [2.24, 2.45) is 0 Å². The van der Waals surface area contributed by atoms with Crippen molar-refractivity contribution in [3.8, 4) is 0 Å². The van der Waals surface area contributed by atoms with Gasteiger partial charge in [-0.15, -0.1) is 0 Å². The normalized spacial score (nSPS) is 16.3. The number of carbonyl (C=O) groups excluding carboxylic acids is 2. The van der Waals surface area contributed by atoms with Gasteiger partial charge in [-0.2, -0.15) is 0 Å². The zero-order valence-corrected chi connectivity index (χ0v) is 13.1. The fraction of sp³-hybridized carbons (Fsp3) is 0. The number of nitro groups is 1. The van der Waals surface area contributed by atoms with Gasteiger partial charge in [-0.05, 0) is 36.4 Å². The Morgan fingerprint density at radius 1 is 0.923 bits per heavy atom. The van der Waals surface area contributed by atoms with Gasteiger partial charge in [0.2, 0.25) is 0 Å². The van der Waals surface area contributed by atoms with Crippen LogP contribution < -0.4 is 0 Å². The molecular weight excluding hydrogens is 336 g/mol.